The molecule has 3 amide bonds. The Labute approximate surface area is 168 Å². The first-order chi connectivity index (χ1) is 13.3. The zero-order valence-electron chi connectivity index (χ0n) is 16.3. The molecule has 0 atom stereocenters. The fourth-order valence-corrected chi connectivity index (χ4v) is 3.92. The third-order valence-electron chi connectivity index (χ3n) is 4.57. The van der Waals surface area contributed by atoms with Crippen LogP contribution in [0.15, 0.2) is 47.4 Å². The average Bonchev–Trinajstić information content (AvgIpc) is 2.88. The molecule has 0 saturated carbocycles. The Balaban J connectivity index is 2.02. The van der Waals surface area contributed by atoms with Crippen LogP contribution in [0.4, 0.5) is 11.4 Å². The van der Waals surface area contributed by atoms with Gasteiger partial charge in [-0.3, -0.25) is 14.4 Å². The van der Waals surface area contributed by atoms with Crippen molar-refractivity contribution in [1.29, 1.82) is 0 Å². The number of carbonyl (C=O) groups is 3. The molecule has 0 radical (unpaired) electrons. The van der Waals surface area contributed by atoms with Gasteiger partial charge in [-0.2, -0.15) is 0 Å². The molecule has 0 fully saturated rings. The summed E-state index contributed by atoms with van der Waals surface area (Å²) in [5.74, 6) is -0.0949. The molecule has 2 aromatic carbocycles. The van der Waals surface area contributed by atoms with Crippen LogP contribution in [-0.2, 0) is 14.4 Å². The zero-order chi connectivity index (χ0) is 20.4. The van der Waals surface area contributed by atoms with Crippen molar-refractivity contribution in [3.8, 4) is 0 Å². The average molecular weight is 394 g/mol. The fraction of sp³-hybridized carbons (Fsp3) is 0.227. The number of anilines is 2. The lowest BCUT2D eigenvalue weighted by atomic mass is 10.1. The minimum atomic E-state index is -0.323. The molecule has 0 bridgehead atoms. The van der Waals surface area contributed by atoms with Gasteiger partial charge in [-0.05, 0) is 60.6 Å². The van der Waals surface area contributed by atoms with Gasteiger partial charge in [0.2, 0.25) is 5.91 Å². The number of thioether (sulfide) groups is 1. The summed E-state index contributed by atoms with van der Waals surface area (Å²) in [6, 6.07) is 12.6. The number of rotatable bonds is 5. The van der Waals surface area contributed by atoms with Crippen molar-refractivity contribution in [2.75, 3.05) is 16.0 Å². The fourth-order valence-electron chi connectivity index (χ4n) is 3.07. The maximum Gasteiger partial charge on any atom is 0.272 e. The molecule has 0 aliphatic carbocycles. The lowest BCUT2D eigenvalue weighted by molar-refractivity contribution is -0.120. The molecule has 0 spiro atoms. The van der Waals surface area contributed by atoms with Crippen molar-refractivity contribution in [2.24, 2.45) is 0 Å². The summed E-state index contributed by atoms with van der Waals surface area (Å²) < 4.78 is 0. The van der Waals surface area contributed by atoms with Gasteiger partial charge in [0.1, 0.15) is 0 Å². The van der Waals surface area contributed by atoms with E-state index in [1.807, 2.05) is 32.9 Å². The van der Waals surface area contributed by atoms with Crippen LogP contribution in [0.25, 0.3) is 5.57 Å². The van der Waals surface area contributed by atoms with Gasteiger partial charge >= 0.3 is 0 Å². The molecule has 144 valence electrons. The maximum atomic E-state index is 13.2. The first kappa shape index (κ1) is 19.9. The van der Waals surface area contributed by atoms with Crippen LogP contribution in [-0.4, -0.2) is 23.5 Å². The number of nitrogens with zero attached hydrogens (tertiary/aromatic N) is 1. The Morgan fingerprint density at radius 1 is 1.00 bits per heavy atom. The lowest BCUT2D eigenvalue weighted by Crippen LogP contribution is -2.31. The Kier molecular flexibility index (Phi) is 5.70. The number of carbonyl (C=O) groups excluding carboxylic acids is 3. The maximum absolute atomic E-state index is 13.2. The number of hydrogen-bond donors (Lipinski definition) is 1. The second-order valence-corrected chi connectivity index (χ2v) is 7.88. The summed E-state index contributed by atoms with van der Waals surface area (Å²) in [6.45, 7) is 7.34. The molecule has 0 unspecified atom stereocenters. The summed E-state index contributed by atoms with van der Waals surface area (Å²) >= 11 is 1.37. The number of benzene rings is 2. The van der Waals surface area contributed by atoms with E-state index in [9.17, 15) is 14.4 Å². The van der Waals surface area contributed by atoms with E-state index >= 15 is 0 Å². The predicted molar refractivity (Wildman–Crippen MR) is 114 cm³/mol. The number of nitrogens with one attached hydrogen (secondary N) is 1. The van der Waals surface area contributed by atoms with E-state index in [-0.39, 0.29) is 17.7 Å². The Bertz CT molecular complexity index is 993. The topological polar surface area (TPSA) is 66.5 Å². The van der Waals surface area contributed by atoms with Gasteiger partial charge in [0.25, 0.3) is 11.8 Å². The lowest BCUT2D eigenvalue weighted by Gasteiger charge is -2.16. The van der Waals surface area contributed by atoms with Crippen LogP contribution in [0.1, 0.15) is 30.5 Å². The van der Waals surface area contributed by atoms with E-state index in [0.29, 0.717) is 33.2 Å². The number of hydrogen-bond acceptors (Lipinski definition) is 4. The molecule has 0 aromatic heterocycles. The van der Waals surface area contributed by atoms with Crippen LogP contribution in [0, 0.1) is 13.8 Å². The van der Waals surface area contributed by atoms with Gasteiger partial charge in [0.15, 0.2) is 0 Å². The highest BCUT2D eigenvalue weighted by Crippen LogP contribution is 2.38. The van der Waals surface area contributed by atoms with Gasteiger partial charge in [0, 0.05) is 12.6 Å². The number of amides is 3. The molecule has 5 nitrogen and oxygen atoms in total. The Morgan fingerprint density at radius 3 is 2.25 bits per heavy atom. The summed E-state index contributed by atoms with van der Waals surface area (Å²) in [5, 5.41) is 2.70. The number of imide groups is 1. The largest absolute Gasteiger partial charge is 0.326 e. The van der Waals surface area contributed by atoms with Gasteiger partial charge < -0.3 is 5.32 Å². The predicted octanol–water partition coefficient (Wildman–Crippen LogP) is 4.30. The first-order valence-corrected chi connectivity index (χ1v) is 10.0. The van der Waals surface area contributed by atoms with Crippen LogP contribution in [0.3, 0.4) is 0 Å². The van der Waals surface area contributed by atoms with Crippen LogP contribution in [0.5, 0.6) is 0 Å². The van der Waals surface area contributed by atoms with Gasteiger partial charge in [0.05, 0.1) is 16.2 Å². The van der Waals surface area contributed by atoms with E-state index in [0.717, 1.165) is 11.1 Å². The van der Waals surface area contributed by atoms with Gasteiger partial charge in [-0.1, -0.05) is 25.1 Å². The highest BCUT2D eigenvalue weighted by molar-refractivity contribution is 8.04. The van der Waals surface area contributed by atoms with Crippen LogP contribution < -0.4 is 10.2 Å². The SMILES string of the molecule is CCSC1=C(c2ccc(NC(C)=O)cc2)C(=O)N(c2ccc(C)c(C)c2)C1=O. The second kappa shape index (κ2) is 8.02. The Morgan fingerprint density at radius 2 is 1.68 bits per heavy atom. The van der Waals surface area contributed by atoms with Gasteiger partial charge in [-0.15, -0.1) is 11.8 Å². The van der Waals surface area contributed by atoms with Crippen molar-refractivity contribution >= 4 is 46.4 Å². The van der Waals surface area contributed by atoms with Crippen molar-refractivity contribution < 1.29 is 14.4 Å². The first-order valence-electron chi connectivity index (χ1n) is 9.04. The van der Waals surface area contributed by atoms with Crippen molar-refractivity contribution in [1.82, 2.24) is 0 Å². The second-order valence-electron chi connectivity index (χ2n) is 6.61. The molecule has 0 saturated heterocycles. The van der Waals surface area contributed by atoms with E-state index in [4.69, 9.17) is 0 Å². The third kappa shape index (κ3) is 3.73. The summed E-state index contributed by atoms with van der Waals surface area (Å²) in [5.41, 5.74) is 4.42. The van der Waals surface area contributed by atoms with Crippen molar-refractivity contribution in [3.63, 3.8) is 0 Å². The number of aryl methyl sites for hydroxylation is 2. The Hall–Kier alpha value is -2.86. The normalized spacial score (nSPS) is 14.1. The zero-order valence-corrected chi connectivity index (χ0v) is 17.1. The van der Waals surface area contributed by atoms with Crippen LogP contribution >= 0.6 is 11.8 Å². The molecular formula is C22H22N2O3S. The van der Waals surface area contributed by atoms with Gasteiger partial charge in [-0.25, -0.2) is 4.90 Å². The molecule has 1 aliphatic heterocycles. The summed E-state index contributed by atoms with van der Waals surface area (Å²) in [6.07, 6.45) is 0. The molecule has 1 heterocycles. The monoisotopic (exact) mass is 394 g/mol. The van der Waals surface area contributed by atoms with Crippen molar-refractivity contribution in [2.45, 2.75) is 27.7 Å². The minimum absolute atomic E-state index is 0.165. The van der Waals surface area contributed by atoms with Crippen molar-refractivity contribution in [3.05, 3.63) is 64.1 Å². The molecule has 1 N–H and O–H groups in total. The summed E-state index contributed by atoms with van der Waals surface area (Å²) in [4.78, 5) is 39.2. The highest BCUT2D eigenvalue weighted by Gasteiger charge is 2.40. The smallest absolute Gasteiger partial charge is 0.272 e. The summed E-state index contributed by atoms with van der Waals surface area (Å²) in [7, 11) is 0. The molecule has 3 rings (SSSR count). The molecule has 6 heteroatoms. The molecule has 2 aromatic rings. The third-order valence-corrected chi connectivity index (χ3v) is 5.53. The molecule has 1 aliphatic rings. The quantitative estimate of drug-likeness (QED) is 0.768. The molecular weight excluding hydrogens is 372 g/mol. The van der Waals surface area contributed by atoms with E-state index in [2.05, 4.69) is 5.32 Å². The highest BCUT2D eigenvalue weighted by atomic mass is 32.2. The molecule has 28 heavy (non-hydrogen) atoms. The van der Waals surface area contributed by atoms with E-state index in [1.54, 1.807) is 30.3 Å². The van der Waals surface area contributed by atoms with E-state index in [1.165, 1.54) is 23.6 Å². The van der Waals surface area contributed by atoms with Crippen LogP contribution in [0.2, 0.25) is 0 Å². The van der Waals surface area contributed by atoms with E-state index < -0.39 is 0 Å². The minimum Gasteiger partial charge on any atom is -0.326 e. The standard InChI is InChI=1S/C22H22N2O3S/c1-5-28-20-19(16-7-9-17(10-8-16)23-15(4)25)21(26)24(22(20)27)18-11-6-13(2)14(3)12-18/h6-12H,5H2,1-4H3,(H,23,25).